The number of phenols is 1. The quantitative estimate of drug-likeness (QED) is 0.358. The molecule has 3 aromatic rings. The summed E-state index contributed by atoms with van der Waals surface area (Å²) in [5.74, 6) is 2.49. The molecule has 0 saturated carbocycles. The summed E-state index contributed by atoms with van der Waals surface area (Å²) in [6.45, 7) is 20.3. The number of hydrogen-bond donors (Lipinski definition) is 1. The molecule has 196 valence electrons. The van der Waals surface area contributed by atoms with E-state index in [2.05, 4.69) is 117 Å². The van der Waals surface area contributed by atoms with E-state index < -0.39 is 0 Å². The zero-order valence-corrected chi connectivity index (χ0v) is 24.0. The van der Waals surface area contributed by atoms with Gasteiger partial charge in [0.25, 0.3) is 0 Å². The van der Waals surface area contributed by atoms with Crippen LogP contribution in [-0.4, -0.2) is 11.2 Å². The Bertz CT molecular complexity index is 1020. The van der Waals surface area contributed by atoms with Crippen LogP contribution in [0.15, 0.2) is 78.9 Å². The number of ether oxygens (including phenoxy) is 1. The molecule has 3 rings (SSSR count). The van der Waals surface area contributed by atoms with Crippen molar-refractivity contribution in [2.75, 3.05) is 0 Å². The maximum Gasteiger partial charge on any atom is 0.127 e. The predicted molar refractivity (Wildman–Crippen MR) is 156 cm³/mol. The fourth-order valence-electron chi connectivity index (χ4n) is 4.60. The number of hydrogen-bond acceptors (Lipinski definition) is 2. The molecule has 0 aliphatic rings. The summed E-state index contributed by atoms with van der Waals surface area (Å²) in [5, 5.41) is 9.37. The summed E-state index contributed by atoms with van der Waals surface area (Å²) in [4.78, 5) is 0. The van der Waals surface area contributed by atoms with Gasteiger partial charge in [-0.15, -0.1) is 0 Å². The number of para-hydroxylation sites is 1. The average molecular weight is 489 g/mol. The van der Waals surface area contributed by atoms with Crippen molar-refractivity contribution in [3.05, 3.63) is 84.4 Å². The van der Waals surface area contributed by atoms with Gasteiger partial charge in [0.05, 0.1) is 6.10 Å². The third-order valence-corrected chi connectivity index (χ3v) is 6.26. The number of aromatic hydroxyl groups is 1. The van der Waals surface area contributed by atoms with Crippen molar-refractivity contribution in [1.82, 2.24) is 0 Å². The van der Waals surface area contributed by atoms with Gasteiger partial charge in [-0.3, -0.25) is 0 Å². The second-order valence-corrected chi connectivity index (χ2v) is 12.7. The Morgan fingerprint density at radius 1 is 0.722 bits per heavy atom. The maximum atomic E-state index is 9.37. The number of phenolic OH excluding ortho intramolecular Hbond substituents is 1. The van der Waals surface area contributed by atoms with E-state index in [-0.39, 0.29) is 11.5 Å². The molecule has 0 aliphatic carbocycles. The average Bonchev–Trinajstić information content (AvgIpc) is 2.78. The van der Waals surface area contributed by atoms with E-state index in [9.17, 15) is 5.11 Å². The first kappa shape index (κ1) is 29.5. The van der Waals surface area contributed by atoms with Gasteiger partial charge in [0.1, 0.15) is 11.5 Å². The molecule has 0 heterocycles. The highest BCUT2D eigenvalue weighted by molar-refractivity contribution is 5.70. The molecule has 3 aromatic carbocycles. The summed E-state index contributed by atoms with van der Waals surface area (Å²) >= 11 is 0. The molecular weight excluding hydrogens is 440 g/mol. The van der Waals surface area contributed by atoms with Crippen LogP contribution in [-0.2, 0) is 0 Å². The highest BCUT2D eigenvalue weighted by Gasteiger charge is 2.30. The molecule has 0 bridgehead atoms. The zero-order chi connectivity index (χ0) is 26.9. The lowest BCUT2D eigenvalue weighted by molar-refractivity contribution is 0.194. The molecule has 0 spiro atoms. The minimum atomic E-state index is 0.240. The Morgan fingerprint density at radius 2 is 1.28 bits per heavy atom. The second-order valence-electron chi connectivity index (χ2n) is 12.7. The highest BCUT2D eigenvalue weighted by Crippen LogP contribution is 2.43. The smallest absolute Gasteiger partial charge is 0.127 e. The van der Waals surface area contributed by atoms with E-state index in [1.807, 2.05) is 12.1 Å². The first-order valence-corrected chi connectivity index (χ1v) is 13.4. The van der Waals surface area contributed by atoms with Crippen LogP contribution in [0.2, 0.25) is 0 Å². The lowest BCUT2D eigenvalue weighted by Gasteiger charge is -2.36. The third kappa shape index (κ3) is 10.1. The molecule has 0 amide bonds. The van der Waals surface area contributed by atoms with Crippen LogP contribution in [0.3, 0.4) is 0 Å². The van der Waals surface area contributed by atoms with E-state index in [4.69, 9.17) is 4.74 Å². The van der Waals surface area contributed by atoms with Gasteiger partial charge in [0.15, 0.2) is 0 Å². The Morgan fingerprint density at radius 3 is 1.81 bits per heavy atom. The van der Waals surface area contributed by atoms with E-state index in [0.717, 1.165) is 18.6 Å². The largest absolute Gasteiger partial charge is 0.508 e. The molecule has 0 radical (unpaired) electrons. The number of benzene rings is 3. The number of rotatable bonds is 7. The summed E-state index contributed by atoms with van der Waals surface area (Å²) in [7, 11) is 0. The van der Waals surface area contributed by atoms with Gasteiger partial charge in [0.2, 0.25) is 0 Å². The van der Waals surface area contributed by atoms with Crippen LogP contribution in [0.1, 0.15) is 86.6 Å². The van der Waals surface area contributed by atoms with Crippen LogP contribution in [0.25, 0.3) is 11.1 Å². The Labute approximate surface area is 220 Å². The minimum absolute atomic E-state index is 0.240. The molecule has 0 fully saturated rings. The highest BCUT2D eigenvalue weighted by atomic mass is 16.5. The van der Waals surface area contributed by atoms with Crippen LogP contribution >= 0.6 is 0 Å². The summed E-state index contributed by atoms with van der Waals surface area (Å²) in [6, 6.07) is 26.3. The fraction of sp³-hybridized carbons (Fsp3) is 0.471. The van der Waals surface area contributed by atoms with Crippen LogP contribution in [0, 0.1) is 16.7 Å². The van der Waals surface area contributed by atoms with Crippen LogP contribution in [0.5, 0.6) is 11.5 Å². The van der Waals surface area contributed by atoms with Gasteiger partial charge in [-0.25, -0.2) is 0 Å². The lowest BCUT2D eigenvalue weighted by atomic mass is 9.69. The van der Waals surface area contributed by atoms with Crippen LogP contribution in [0.4, 0.5) is 0 Å². The Hall–Kier alpha value is -2.74. The van der Waals surface area contributed by atoms with Crippen molar-refractivity contribution in [3.8, 4) is 22.6 Å². The van der Waals surface area contributed by atoms with Crippen molar-refractivity contribution in [3.63, 3.8) is 0 Å². The molecular formula is C34H48O2. The van der Waals surface area contributed by atoms with Crippen molar-refractivity contribution in [1.29, 1.82) is 0 Å². The van der Waals surface area contributed by atoms with E-state index in [1.165, 1.54) is 16.7 Å². The molecule has 2 heteroatoms. The normalized spacial score (nSPS) is 13.5. The summed E-state index contributed by atoms with van der Waals surface area (Å²) < 4.78 is 6.11. The van der Waals surface area contributed by atoms with Crippen molar-refractivity contribution >= 4 is 0 Å². The van der Waals surface area contributed by atoms with Crippen molar-refractivity contribution in [2.24, 2.45) is 16.7 Å². The lowest BCUT2D eigenvalue weighted by Crippen LogP contribution is -2.23. The summed E-state index contributed by atoms with van der Waals surface area (Å²) in [6.07, 6.45) is 2.47. The standard InChI is InChI=1S/C18H22O.C16H26O/c1-14(2)13-15(3)19-18-12-8-7-11-17(18)16-9-5-4-6-10-16;1-15(2,3)11-14(16(4,5)6)12-7-9-13(17)10-8-12/h4-12,14-15H,13H2,1-3H3;7-10,14,17H,11H2,1-6H3. The molecule has 36 heavy (non-hydrogen) atoms. The minimum Gasteiger partial charge on any atom is -0.508 e. The SMILES string of the molecule is CC(C)(C)CC(c1ccc(O)cc1)C(C)(C)C.CC(C)CC(C)Oc1ccccc1-c1ccccc1. The van der Waals surface area contributed by atoms with E-state index in [1.54, 1.807) is 12.1 Å². The van der Waals surface area contributed by atoms with Gasteiger partial charge in [-0.1, -0.05) is 116 Å². The first-order valence-electron chi connectivity index (χ1n) is 13.4. The second kappa shape index (κ2) is 13.0. The van der Waals surface area contributed by atoms with Gasteiger partial charge in [-0.2, -0.15) is 0 Å². The topological polar surface area (TPSA) is 29.5 Å². The molecule has 0 saturated heterocycles. The van der Waals surface area contributed by atoms with Crippen molar-refractivity contribution < 1.29 is 9.84 Å². The van der Waals surface area contributed by atoms with Gasteiger partial charge in [0, 0.05) is 5.56 Å². The molecule has 0 aliphatic heterocycles. The summed E-state index contributed by atoms with van der Waals surface area (Å²) in [5.41, 5.74) is 4.25. The zero-order valence-electron chi connectivity index (χ0n) is 24.0. The predicted octanol–water partition coefficient (Wildman–Crippen LogP) is 10.1. The molecule has 2 unspecified atom stereocenters. The van der Waals surface area contributed by atoms with E-state index >= 15 is 0 Å². The van der Waals surface area contributed by atoms with Gasteiger partial charge < -0.3 is 9.84 Å². The van der Waals surface area contributed by atoms with Crippen molar-refractivity contribution in [2.45, 2.75) is 87.2 Å². The third-order valence-electron chi connectivity index (χ3n) is 6.26. The Balaban J connectivity index is 0.000000255. The molecule has 0 aromatic heterocycles. The van der Waals surface area contributed by atoms with Gasteiger partial charge in [-0.05, 0) is 71.8 Å². The van der Waals surface area contributed by atoms with Crippen LogP contribution < -0.4 is 4.74 Å². The molecule has 2 nitrogen and oxygen atoms in total. The maximum absolute atomic E-state index is 9.37. The molecule has 1 N–H and O–H groups in total. The molecule has 2 atom stereocenters. The Kier molecular flexibility index (Phi) is 10.6. The monoisotopic (exact) mass is 488 g/mol. The fourth-order valence-corrected chi connectivity index (χ4v) is 4.60. The van der Waals surface area contributed by atoms with E-state index in [0.29, 0.717) is 23.0 Å². The first-order chi connectivity index (χ1) is 16.8. The van der Waals surface area contributed by atoms with Gasteiger partial charge >= 0.3 is 0 Å².